The molecule has 1 atom stereocenters. The van der Waals surface area contributed by atoms with Crippen molar-refractivity contribution in [2.24, 2.45) is 5.41 Å². The number of nitrogens with one attached hydrogen (secondary N) is 1. The molecule has 1 aliphatic heterocycles. The summed E-state index contributed by atoms with van der Waals surface area (Å²) >= 11 is 0. The number of hydrogen-bond donors (Lipinski definition) is 1. The second kappa shape index (κ2) is 6.32. The fourth-order valence-electron chi connectivity index (χ4n) is 2.70. The first kappa shape index (κ1) is 12.8. The van der Waals surface area contributed by atoms with Crippen LogP contribution in [0.15, 0.2) is 11.6 Å². The van der Waals surface area contributed by atoms with E-state index >= 15 is 0 Å². The van der Waals surface area contributed by atoms with E-state index in [1.165, 1.54) is 38.5 Å². The Kier molecular flexibility index (Phi) is 5.38. The van der Waals surface area contributed by atoms with Gasteiger partial charge in [0.05, 0.1) is 0 Å². The molecule has 0 aromatic carbocycles. The molecule has 1 unspecified atom stereocenters. The van der Waals surface area contributed by atoms with Gasteiger partial charge in [-0.25, -0.2) is 0 Å². The van der Waals surface area contributed by atoms with Crippen LogP contribution in [0.25, 0.3) is 0 Å². The van der Waals surface area contributed by atoms with Crippen LogP contribution >= 0.6 is 0 Å². The highest BCUT2D eigenvalue weighted by Gasteiger charge is 2.28. The number of unbranched alkanes of at least 4 members (excludes halogenated alkanes) is 2. The minimum atomic E-state index is 0.480. The molecule has 0 saturated carbocycles. The predicted molar refractivity (Wildman–Crippen MR) is 68.1 cm³/mol. The van der Waals surface area contributed by atoms with E-state index in [0.29, 0.717) is 5.41 Å². The van der Waals surface area contributed by atoms with Gasteiger partial charge in [0, 0.05) is 13.1 Å². The highest BCUT2D eigenvalue weighted by Crippen LogP contribution is 2.38. The van der Waals surface area contributed by atoms with Gasteiger partial charge in [-0.05, 0) is 18.3 Å². The molecule has 15 heavy (non-hydrogen) atoms. The normalized spacial score (nSPS) is 20.1. The third kappa shape index (κ3) is 3.64. The van der Waals surface area contributed by atoms with Crippen LogP contribution in [0.2, 0.25) is 0 Å². The molecular weight excluding hydrogens is 182 g/mol. The third-order valence-corrected chi connectivity index (χ3v) is 3.72. The van der Waals surface area contributed by atoms with Crippen molar-refractivity contribution in [3.05, 3.63) is 11.6 Å². The lowest BCUT2D eigenvalue weighted by Gasteiger charge is -2.31. The minimum absolute atomic E-state index is 0.480. The standard InChI is InChI=1S/C14H27N/c1-4-6-7-10-14(3,9-5-2)13-8-11-15-12-13/h8,15H,4-7,9-12H2,1-3H3. The van der Waals surface area contributed by atoms with Gasteiger partial charge in [-0.15, -0.1) is 0 Å². The molecule has 0 spiro atoms. The van der Waals surface area contributed by atoms with E-state index < -0.39 is 0 Å². The topological polar surface area (TPSA) is 12.0 Å². The molecule has 1 heteroatoms. The molecule has 1 rings (SSSR count). The van der Waals surface area contributed by atoms with E-state index in [9.17, 15) is 0 Å². The predicted octanol–water partition coefficient (Wildman–Crippen LogP) is 3.90. The summed E-state index contributed by atoms with van der Waals surface area (Å²) in [6, 6.07) is 0. The molecule has 1 heterocycles. The van der Waals surface area contributed by atoms with E-state index in [0.717, 1.165) is 13.1 Å². The molecule has 1 N–H and O–H groups in total. The largest absolute Gasteiger partial charge is 0.310 e. The van der Waals surface area contributed by atoms with Gasteiger partial charge in [0.25, 0.3) is 0 Å². The zero-order valence-electron chi connectivity index (χ0n) is 10.7. The smallest absolute Gasteiger partial charge is 0.0173 e. The summed E-state index contributed by atoms with van der Waals surface area (Å²) in [5.41, 5.74) is 2.15. The van der Waals surface area contributed by atoms with Gasteiger partial charge in [-0.3, -0.25) is 0 Å². The highest BCUT2D eigenvalue weighted by molar-refractivity contribution is 5.19. The molecule has 0 aromatic heterocycles. The van der Waals surface area contributed by atoms with E-state index in [2.05, 4.69) is 32.2 Å². The second-order valence-corrected chi connectivity index (χ2v) is 5.13. The van der Waals surface area contributed by atoms with Crippen molar-refractivity contribution in [1.29, 1.82) is 0 Å². The van der Waals surface area contributed by atoms with Gasteiger partial charge < -0.3 is 5.32 Å². The summed E-state index contributed by atoms with van der Waals surface area (Å²) < 4.78 is 0. The quantitative estimate of drug-likeness (QED) is 0.495. The summed E-state index contributed by atoms with van der Waals surface area (Å²) in [5.74, 6) is 0. The van der Waals surface area contributed by atoms with Crippen molar-refractivity contribution >= 4 is 0 Å². The maximum Gasteiger partial charge on any atom is 0.0173 e. The molecule has 0 fully saturated rings. The van der Waals surface area contributed by atoms with Crippen LogP contribution in [0, 0.1) is 5.41 Å². The van der Waals surface area contributed by atoms with Gasteiger partial charge in [-0.2, -0.15) is 0 Å². The van der Waals surface area contributed by atoms with E-state index in [-0.39, 0.29) is 0 Å². The molecule has 1 nitrogen and oxygen atoms in total. The van der Waals surface area contributed by atoms with E-state index in [1.807, 2.05) is 0 Å². The van der Waals surface area contributed by atoms with Crippen molar-refractivity contribution in [2.75, 3.05) is 13.1 Å². The summed E-state index contributed by atoms with van der Waals surface area (Å²) in [5, 5.41) is 3.43. The van der Waals surface area contributed by atoms with Gasteiger partial charge in [0.2, 0.25) is 0 Å². The molecular formula is C14H27N. The Morgan fingerprint density at radius 2 is 2.00 bits per heavy atom. The highest BCUT2D eigenvalue weighted by atomic mass is 14.9. The first-order valence-electron chi connectivity index (χ1n) is 6.63. The van der Waals surface area contributed by atoms with Crippen LogP contribution in [0.5, 0.6) is 0 Å². The van der Waals surface area contributed by atoms with Crippen LogP contribution < -0.4 is 5.32 Å². The maximum atomic E-state index is 3.43. The Bertz CT molecular complexity index is 207. The Hall–Kier alpha value is -0.300. The van der Waals surface area contributed by atoms with Gasteiger partial charge in [0.1, 0.15) is 0 Å². The molecule has 1 aliphatic rings. The Morgan fingerprint density at radius 1 is 1.20 bits per heavy atom. The lowest BCUT2D eigenvalue weighted by Crippen LogP contribution is -2.23. The molecule has 0 amide bonds. The SMILES string of the molecule is CCCCCC(C)(CCC)C1=CCNC1. The zero-order chi connectivity index (χ0) is 11.1. The number of hydrogen-bond acceptors (Lipinski definition) is 1. The molecule has 0 radical (unpaired) electrons. The average Bonchev–Trinajstić information content (AvgIpc) is 2.72. The van der Waals surface area contributed by atoms with Crippen LogP contribution in [-0.4, -0.2) is 13.1 Å². The van der Waals surface area contributed by atoms with Crippen LogP contribution in [0.1, 0.15) is 59.3 Å². The summed E-state index contributed by atoms with van der Waals surface area (Å²) in [6.07, 6.45) is 10.6. The van der Waals surface area contributed by atoms with Crippen molar-refractivity contribution in [2.45, 2.75) is 59.3 Å². The van der Waals surface area contributed by atoms with E-state index in [4.69, 9.17) is 0 Å². The van der Waals surface area contributed by atoms with Crippen molar-refractivity contribution in [3.8, 4) is 0 Å². The van der Waals surface area contributed by atoms with E-state index in [1.54, 1.807) is 5.57 Å². The fourth-order valence-corrected chi connectivity index (χ4v) is 2.70. The van der Waals surface area contributed by atoms with Crippen molar-refractivity contribution in [3.63, 3.8) is 0 Å². The number of rotatable bonds is 7. The minimum Gasteiger partial charge on any atom is -0.310 e. The Labute approximate surface area is 95.3 Å². The van der Waals surface area contributed by atoms with Crippen LogP contribution in [0.3, 0.4) is 0 Å². The van der Waals surface area contributed by atoms with Gasteiger partial charge in [-0.1, -0.05) is 58.1 Å². The van der Waals surface area contributed by atoms with Crippen molar-refractivity contribution < 1.29 is 0 Å². The Balaban J connectivity index is 2.52. The van der Waals surface area contributed by atoms with Crippen LogP contribution in [0.4, 0.5) is 0 Å². The zero-order valence-corrected chi connectivity index (χ0v) is 10.7. The molecule has 0 bridgehead atoms. The summed E-state index contributed by atoms with van der Waals surface area (Å²) in [7, 11) is 0. The second-order valence-electron chi connectivity index (χ2n) is 5.13. The molecule has 0 aliphatic carbocycles. The first-order chi connectivity index (χ1) is 7.23. The summed E-state index contributed by atoms with van der Waals surface area (Å²) in [4.78, 5) is 0. The summed E-state index contributed by atoms with van der Waals surface area (Å²) in [6.45, 7) is 9.27. The first-order valence-corrected chi connectivity index (χ1v) is 6.63. The fraction of sp³-hybridized carbons (Fsp3) is 0.857. The molecule has 0 saturated heterocycles. The Morgan fingerprint density at radius 3 is 2.53 bits per heavy atom. The van der Waals surface area contributed by atoms with Crippen LogP contribution in [-0.2, 0) is 0 Å². The maximum absolute atomic E-state index is 3.43. The third-order valence-electron chi connectivity index (χ3n) is 3.72. The van der Waals surface area contributed by atoms with Crippen molar-refractivity contribution in [1.82, 2.24) is 5.32 Å². The lowest BCUT2D eigenvalue weighted by molar-refractivity contribution is 0.315. The monoisotopic (exact) mass is 209 g/mol. The molecule has 88 valence electrons. The van der Waals surface area contributed by atoms with Gasteiger partial charge >= 0.3 is 0 Å². The average molecular weight is 209 g/mol. The van der Waals surface area contributed by atoms with Gasteiger partial charge in [0.15, 0.2) is 0 Å². The molecule has 0 aromatic rings. The lowest BCUT2D eigenvalue weighted by atomic mass is 9.74.